The maximum Gasteiger partial charge on any atom is 0.366 e. The first kappa shape index (κ1) is 21.1. The van der Waals surface area contributed by atoms with Crippen molar-refractivity contribution in [1.29, 1.82) is 5.26 Å². The minimum atomic E-state index is -2.18. The second kappa shape index (κ2) is 7.81. The van der Waals surface area contributed by atoms with Gasteiger partial charge in [0.2, 0.25) is 5.75 Å². The molecule has 4 rings (SSSR count). The number of carbonyl (C=O) groups is 1. The van der Waals surface area contributed by atoms with Crippen molar-refractivity contribution >= 4 is 16.9 Å². The number of hydrogen-bond donors (Lipinski definition) is 0. The fraction of sp³-hybridized carbons (Fsp3) is 0.261. The van der Waals surface area contributed by atoms with Gasteiger partial charge in [-0.05, 0) is 29.8 Å². The summed E-state index contributed by atoms with van der Waals surface area (Å²) in [7, 11) is 5.45. The van der Waals surface area contributed by atoms with Crippen LogP contribution >= 0.6 is 0 Å². The van der Waals surface area contributed by atoms with E-state index < -0.39 is 23.1 Å². The van der Waals surface area contributed by atoms with E-state index in [-0.39, 0.29) is 28.4 Å². The molecule has 2 heterocycles. The normalized spacial score (nSPS) is 18.9. The van der Waals surface area contributed by atoms with Gasteiger partial charge in [0.15, 0.2) is 11.5 Å². The van der Waals surface area contributed by atoms with Crippen molar-refractivity contribution in [2.75, 3.05) is 28.4 Å². The maximum atomic E-state index is 13.1. The number of fused-ring (bicyclic) bond motifs is 3. The van der Waals surface area contributed by atoms with E-state index >= 15 is 0 Å². The molecule has 0 N–H and O–H groups in total. The Balaban J connectivity index is 2.10. The predicted molar refractivity (Wildman–Crippen MR) is 111 cm³/mol. The minimum absolute atomic E-state index is 0.0184. The van der Waals surface area contributed by atoms with E-state index in [4.69, 9.17) is 28.1 Å². The summed E-state index contributed by atoms with van der Waals surface area (Å²) in [4.78, 5) is 26.0. The van der Waals surface area contributed by atoms with E-state index in [1.807, 2.05) is 6.07 Å². The molecule has 0 amide bonds. The number of methoxy groups -OCH3 is 4. The Labute approximate surface area is 182 Å². The lowest BCUT2D eigenvalue weighted by Crippen LogP contribution is -2.46. The average molecular weight is 437 g/mol. The Morgan fingerprint density at radius 2 is 1.72 bits per heavy atom. The number of benzene rings is 2. The van der Waals surface area contributed by atoms with Crippen LogP contribution in [-0.2, 0) is 9.53 Å². The summed E-state index contributed by atoms with van der Waals surface area (Å²) in [5.41, 5.74) is -2.30. The number of rotatable bonds is 5. The van der Waals surface area contributed by atoms with Crippen molar-refractivity contribution in [3.05, 3.63) is 57.9 Å². The molecule has 1 aromatic heterocycles. The molecule has 0 bridgehead atoms. The fourth-order valence-corrected chi connectivity index (χ4v) is 4.03. The third kappa shape index (κ3) is 2.84. The number of esters is 1. The molecule has 2 aromatic carbocycles. The zero-order chi connectivity index (χ0) is 23.0. The zero-order valence-corrected chi connectivity index (χ0v) is 17.8. The Morgan fingerprint density at radius 3 is 2.28 bits per heavy atom. The molecular weight excluding hydrogens is 418 g/mol. The van der Waals surface area contributed by atoms with Crippen molar-refractivity contribution in [3.63, 3.8) is 0 Å². The Morgan fingerprint density at radius 1 is 1.06 bits per heavy atom. The van der Waals surface area contributed by atoms with Crippen LogP contribution in [0.4, 0.5) is 0 Å². The monoisotopic (exact) mass is 437 g/mol. The van der Waals surface area contributed by atoms with E-state index in [1.165, 1.54) is 21.3 Å². The van der Waals surface area contributed by atoms with Gasteiger partial charge in [0, 0.05) is 0 Å². The molecule has 1 aliphatic heterocycles. The van der Waals surface area contributed by atoms with Gasteiger partial charge < -0.3 is 28.1 Å². The molecule has 0 fully saturated rings. The van der Waals surface area contributed by atoms with Gasteiger partial charge in [0.25, 0.3) is 0 Å². The Kier molecular flexibility index (Phi) is 5.14. The average Bonchev–Trinajstić information content (AvgIpc) is 3.20. The van der Waals surface area contributed by atoms with E-state index in [0.717, 1.165) is 7.11 Å². The summed E-state index contributed by atoms with van der Waals surface area (Å²) in [5.74, 6) is -1.20. The highest BCUT2D eigenvalue weighted by atomic mass is 16.6. The van der Waals surface area contributed by atoms with Crippen LogP contribution in [0.1, 0.15) is 17.0 Å². The smallest absolute Gasteiger partial charge is 0.366 e. The van der Waals surface area contributed by atoms with Gasteiger partial charge in [0.1, 0.15) is 17.4 Å². The second-order valence-corrected chi connectivity index (χ2v) is 6.96. The standard InChI is InChI=1S/C23H19NO8/c1-27-15-9-12(10-16(28-2)20(15)29-3)18-17-19(32-23(18,11-24)22(26)30-4)13-7-5-6-8-14(13)31-21(17)25/h5-10,18H,1-4H3. The highest BCUT2D eigenvalue weighted by Crippen LogP contribution is 2.52. The first-order chi connectivity index (χ1) is 15.4. The van der Waals surface area contributed by atoms with Crippen LogP contribution in [0, 0.1) is 11.3 Å². The fourth-order valence-electron chi connectivity index (χ4n) is 4.03. The van der Waals surface area contributed by atoms with Crippen molar-refractivity contribution in [3.8, 4) is 29.1 Å². The Bertz CT molecular complexity index is 1300. The summed E-state index contributed by atoms with van der Waals surface area (Å²) >= 11 is 0. The molecular formula is C23H19NO8. The number of para-hydroxylation sites is 1. The van der Waals surface area contributed by atoms with Crippen LogP contribution < -0.4 is 24.6 Å². The summed E-state index contributed by atoms with van der Waals surface area (Å²) in [5, 5.41) is 10.6. The number of nitrogens with zero attached hydrogens (tertiary/aromatic N) is 1. The first-order valence-corrected chi connectivity index (χ1v) is 9.50. The lowest BCUT2D eigenvalue weighted by atomic mass is 9.80. The van der Waals surface area contributed by atoms with E-state index in [9.17, 15) is 14.9 Å². The zero-order valence-electron chi connectivity index (χ0n) is 17.8. The van der Waals surface area contributed by atoms with Crippen LogP contribution in [-0.4, -0.2) is 40.0 Å². The lowest BCUT2D eigenvalue weighted by Gasteiger charge is -2.26. The third-order valence-corrected chi connectivity index (χ3v) is 5.43. The summed E-state index contributed by atoms with van der Waals surface area (Å²) in [6, 6.07) is 11.7. The van der Waals surface area contributed by atoms with E-state index in [1.54, 1.807) is 36.4 Å². The van der Waals surface area contributed by atoms with Crippen LogP contribution in [0.3, 0.4) is 0 Å². The van der Waals surface area contributed by atoms with Gasteiger partial charge in [-0.1, -0.05) is 12.1 Å². The second-order valence-electron chi connectivity index (χ2n) is 6.96. The van der Waals surface area contributed by atoms with Gasteiger partial charge in [-0.3, -0.25) is 0 Å². The minimum Gasteiger partial charge on any atom is -0.493 e. The van der Waals surface area contributed by atoms with Gasteiger partial charge in [0.05, 0.1) is 45.3 Å². The number of ether oxygens (including phenoxy) is 5. The maximum absolute atomic E-state index is 13.1. The molecule has 9 heteroatoms. The van der Waals surface area contributed by atoms with Gasteiger partial charge >= 0.3 is 17.2 Å². The van der Waals surface area contributed by atoms with Crippen molar-refractivity contribution in [1.82, 2.24) is 0 Å². The Hall–Kier alpha value is -4.19. The van der Waals surface area contributed by atoms with E-state index in [0.29, 0.717) is 16.7 Å². The largest absolute Gasteiger partial charge is 0.493 e. The molecule has 0 spiro atoms. The predicted octanol–water partition coefficient (Wildman–Crippen LogP) is 2.78. The molecule has 1 aliphatic rings. The highest BCUT2D eigenvalue weighted by molar-refractivity contribution is 5.92. The topological polar surface area (TPSA) is 117 Å². The molecule has 0 aliphatic carbocycles. The van der Waals surface area contributed by atoms with Crippen LogP contribution in [0.25, 0.3) is 11.0 Å². The summed E-state index contributed by atoms with van der Waals surface area (Å²) in [6.45, 7) is 0. The van der Waals surface area contributed by atoms with Gasteiger partial charge in [-0.2, -0.15) is 5.26 Å². The quantitative estimate of drug-likeness (QED) is 0.439. The molecule has 0 radical (unpaired) electrons. The first-order valence-electron chi connectivity index (χ1n) is 9.50. The molecule has 164 valence electrons. The molecule has 2 atom stereocenters. The van der Waals surface area contributed by atoms with Crippen molar-refractivity contribution in [2.24, 2.45) is 0 Å². The van der Waals surface area contributed by atoms with E-state index in [2.05, 4.69) is 0 Å². The van der Waals surface area contributed by atoms with Crippen molar-refractivity contribution in [2.45, 2.75) is 11.5 Å². The van der Waals surface area contributed by atoms with Gasteiger partial charge in [-0.15, -0.1) is 0 Å². The lowest BCUT2D eigenvalue weighted by molar-refractivity contribution is -0.153. The third-order valence-electron chi connectivity index (χ3n) is 5.43. The van der Waals surface area contributed by atoms with Crippen LogP contribution in [0.2, 0.25) is 0 Å². The number of carbonyl (C=O) groups excluding carboxylic acids is 1. The van der Waals surface area contributed by atoms with Gasteiger partial charge in [-0.25, -0.2) is 9.59 Å². The molecule has 2 unspecified atom stereocenters. The molecule has 9 nitrogen and oxygen atoms in total. The molecule has 0 saturated carbocycles. The van der Waals surface area contributed by atoms with Crippen LogP contribution in [0.5, 0.6) is 23.0 Å². The molecule has 32 heavy (non-hydrogen) atoms. The molecule has 0 saturated heterocycles. The van der Waals surface area contributed by atoms with Crippen LogP contribution in [0.15, 0.2) is 45.6 Å². The van der Waals surface area contributed by atoms with Crippen molar-refractivity contribution < 1.29 is 32.9 Å². The summed E-state index contributed by atoms with van der Waals surface area (Å²) < 4.78 is 32.5. The number of nitriles is 1. The highest BCUT2D eigenvalue weighted by Gasteiger charge is 2.59. The number of hydrogen-bond acceptors (Lipinski definition) is 9. The summed E-state index contributed by atoms with van der Waals surface area (Å²) in [6.07, 6.45) is 0. The SMILES string of the molecule is COC(=O)C1(C#N)Oc2c(c(=O)oc3ccccc23)C1c1cc(OC)c(OC)c(OC)c1. The molecule has 3 aromatic rings.